The second-order valence-corrected chi connectivity index (χ2v) is 9.33. The van der Waals surface area contributed by atoms with Gasteiger partial charge in [-0.05, 0) is 58.4 Å². The van der Waals surface area contributed by atoms with Gasteiger partial charge in [0, 0.05) is 36.7 Å². The minimum Gasteiger partial charge on any atom is -0.598 e. The minimum atomic E-state index is -1.21. The molecule has 2 unspecified atom stereocenters. The molecule has 2 atom stereocenters. The van der Waals surface area contributed by atoms with Crippen LogP contribution < -0.4 is 9.62 Å². The largest absolute Gasteiger partial charge is 0.598 e. The quantitative estimate of drug-likeness (QED) is 0.827. The number of hydrogen-bond acceptors (Lipinski definition) is 4. The molecule has 0 aliphatic carbocycles. The summed E-state index contributed by atoms with van der Waals surface area (Å²) in [4.78, 5) is 2.08. The Bertz CT molecular complexity index is 689. The van der Waals surface area contributed by atoms with Gasteiger partial charge in [-0.3, -0.25) is 0 Å². The third kappa shape index (κ3) is 4.35. The van der Waals surface area contributed by atoms with Crippen LogP contribution >= 0.6 is 0 Å². The maximum atomic E-state index is 12.7. The second-order valence-electron chi connectivity index (χ2n) is 7.34. The summed E-state index contributed by atoms with van der Waals surface area (Å²) in [6.45, 7) is 9.88. The zero-order valence-corrected chi connectivity index (χ0v) is 16.5. The van der Waals surface area contributed by atoms with Gasteiger partial charge in [-0.15, -0.1) is 4.72 Å². The summed E-state index contributed by atoms with van der Waals surface area (Å²) >= 11 is -1.21. The average Bonchev–Trinajstić information content (AvgIpc) is 2.90. The molecule has 0 saturated heterocycles. The molecule has 1 heterocycles. The fraction of sp³-hybridized carbons (Fsp3) is 0.474. The van der Waals surface area contributed by atoms with E-state index in [4.69, 9.17) is 4.42 Å². The zero-order chi connectivity index (χ0) is 18.1. The normalized spacial score (nSPS) is 14.5. The highest BCUT2D eigenvalue weighted by molar-refractivity contribution is 7.90. The molecular formula is C19H28N2O2S. The highest BCUT2D eigenvalue weighted by Gasteiger charge is 2.33. The molecule has 1 aromatic carbocycles. The summed E-state index contributed by atoms with van der Waals surface area (Å²) in [6, 6.07) is 9.92. The molecule has 0 bridgehead atoms. The highest BCUT2D eigenvalue weighted by atomic mass is 32.2. The Balaban J connectivity index is 2.51. The first kappa shape index (κ1) is 18.9. The lowest BCUT2D eigenvalue weighted by Crippen LogP contribution is -2.41. The molecule has 5 heteroatoms. The van der Waals surface area contributed by atoms with Crippen LogP contribution in [0.4, 0.5) is 5.69 Å². The van der Waals surface area contributed by atoms with Gasteiger partial charge in [0.1, 0.15) is 22.3 Å². The monoisotopic (exact) mass is 348 g/mol. The highest BCUT2D eigenvalue weighted by Crippen LogP contribution is 2.33. The first-order valence-electron chi connectivity index (χ1n) is 8.12. The fourth-order valence-electron chi connectivity index (χ4n) is 2.45. The number of rotatable bonds is 5. The predicted octanol–water partition coefficient (Wildman–Crippen LogP) is 4.10. The number of nitrogens with one attached hydrogen (secondary N) is 1. The molecule has 0 aliphatic rings. The van der Waals surface area contributed by atoms with Crippen LogP contribution in [0.5, 0.6) is 0 Å². The van der Waals surface area contributed by atoms with Crippen molar-refractivity contribution in [3.05, 3.63) is 53.0 Å². The van der Waals surface area contributed by atoms with Crippen molar-refractivity contribution in [1.29, 1.82) is 0 Å². The van der Waals surface area contributed by atoms with Crippen LogP contribution in [0, 0.1) is 13.8 Å². The Morgan fingerprint density at radius 2 is 1.79 bits per heavy atom. The van der Waals surface area contributed by atoms with Crippen LogP contribution in [0.2, 0.25) is 0 Å². The van der Waals surface area contributed by atoms with Crippen molar-refractivity contribution in [2.75, 3.05) is 19.0 Å². The number of anilines is 1. The predicted molar refractivity (Wildman–Crippen MR) is 102 cm³/mol. The van der Waals surface area contributed by atoms with E-state index in [0.717, 1.165) is 22.8 Å². The van der Waals surface area contributed by atoms with E-state index in [2.05, 4.69) is 34.7 Å². The van der Waals surface area contributed by atoms with E-state index in [9.17, 15) is 4.55 Å². The molecule has 0 radical (unpaired) electrons. The zero-order valence-electron chi connectivity index (χ0n) is 15.6. The minimum absolute atomic E-state index is 0.267. The molecule has 2 aromatic rings. The van der Waals surface area contributed by atoms with Crippen LogP contribution in [0.15, 0.2) is 34.7 Å². The van der Waals surface area contributed by atoms with Crippen molar-refractivity contribution in [2.45, 2.75) is 45.4 Å². The molecule has 0 aliphatic heterocycles. The number of hydrogen-bond donors (Lipinski definition) is 1. The lowest BCUT2D eigenvalue weighted by atomic mass is 10.0. The van der Waals surface area contributed by atoms with E-state index in [1.807, 2.05) is 53.9 Å². The molecule has 0 fully saturated rings. The topological polar surface area (TPSA) is 51.5 Å². The molecule has 2 rings (SSSR count). The van der Waals surface area contributed by atoms with Gasteiger partial charge < -0.3 is 13.9 Å². The summed E-state index contributed by atoms with van der Waals surface area (Å²) in [5.74, 6) is 1.62. The Labute approximate surface area is 148 Å². The van der Waals surface area contributed by atoms with Gasteiger partial charge in [0.2, 0.25) is 0 Å². The van der Waals surface area contributed by atoms with E-state index >= 15 is 0 Å². The van der Waals surface area contributed by atoms with Crippen LogP contribution in [-0.4, -0.2) is 23.4 Å². The van der Waals surface area contributed by atoms with Crippen molar-refractivity contribution >= 4 is 17.0 Å². The second kappa shape index (κ2) is 7.21. The number of aryl methyl sites for hydroxylation is 2. The summed E-state index contributed by atoms with van der Waals surface area (Å²) in [6.07, 6.45) is 0. The lowest BCUT2D eigenvalue weighted by molar-refractivity contribution is 0.448. The maximum Gasteiger partial charge on any atom is 0.137 e. The van der Waals surface area contributed by atoms with Crippen molar-refractivity contribution < 1.29 is 8.97 Å². The molecular weight excluding hydrogens is 320 g/mol. The average molecular weight is 349 g/mol. The van der Waals surface area contributed by atoms with Crippen molar-refractivity contribution in [3.63, 3.8) is 0 Å². The van der Waals surface area contributed by atoms with E-state index < -0.39 is 11.4 Å². The van der Waals surface area contributed by atoms with Gasteiger partial charge >= 0.3 is 0 Å². The van der Waals surface area contributed by atoms with Crippen LogP contribution in [-0.2, 0) is 11.4 Å². The number of nitrogens with zero attached hydrogens (tertiary/aromatic N) is 1. The molecule has 4 nitrogen and oxygen atoms in total. The Kier molecular flexibility index (Phi) is 5.68. The van der Waals surface area contributed by atoms with Gasteiger partial charge in [-0.2, -0.15) is 0 Å². The maximum absolute atomic E-state index is 12.7. The first-order valence-corrected chi connectivity index (χ1v) is 9.27. The SMILES string of the molecule is Cc1ccc(C(N[S+]([O-])C(C)(C)C)c2ccc(C)o2)c(N(C)C)c1. The molecule has 0 saturated carbocycles. The van der Waals surface area contributed by atoms with Gasteiger partial charge in [0.15, 0.2) is 0 Å². The summed E-state index contributed by atoms with van der Waals surface area (Å²) in [7, 11) is 4.03. The molecule has 0 spiro atoms. The van der Waals surface area contributed by atoms with Gasteiger partial charge in [-0.1, -0.05) is 12.1 Å². The van der Waals surface area contributed by atoms with E-state index in [-0.39, 0.29) is 10.8 Å². The van der Waals surface area contributed by atoms with Gasteiger partial charge in [-0.25, -0.2) is 0 Å². The van der Waals surface area contributed by atoms with E-state index in [1.54, 1.807) is 0 Å². The number of benzene rings is 1. The fourth-order valence-corrected chi connectivity index (χ4v) is 3.26. The number of furan rings is 1. The van der Waals surface area contributed by atoms with Crippen molar-refractivity contribution in [1.82, 2.24) is 4.72 Å². The summed E-state index contributed by atoms with van der Waals surface area (Å²) < 4.78 is 21.5. The van der Waals surface area contributed by atoms with Crippen molar-refractivity contribution in [2.24, 2.45) is 0 Å². The molecule has 1 N–H and O–H groups in total. The summed E-state index contributed by atoms with van der Waals surface area (Å²) in [5, 5.41) is 0. The Morgan fingerprint density at radius 3 is 2.29 bits per heavy atom. The van der Waals surface area contributed by atoms with Gasteiger partial charge in [0.25, 0.3) is 0 Å². The van der Waals surface area contributed by atoms with Crippen LogP contribution in [0.1, 0.15) is 49.5 Å². The first-order chi connectivity index (χ1) is 11.1. The van der Waals surface area contributed by atoms with Crippen molar-refractivity contribution in [3.8, 4) is 0 Å². The lowest BCUT2D eigenvalue weighted by Gasteiger charge is -2.29. The third-order valence-corrected chi connectivity index (χ3v) is 5.37. The Hall–Kier alpha value is -1.43. The van der Waals surface area contributed by atoms with Crippen LogP contribution in [0.25, 0.3) is 0 Å². The molecule has 1 aromatic heterocycles. The third-order valence-electron chi connectivity index (χ3n) is 3.81. The smallest absolute Gasteiger partial charge is 0.137 e. The van der Waals surface area contributed by atoms with Gasteiger partial charge in [0.05, 0.1) is 0 Å². The molecule has 0 amide bonds. The summed E-state index contributed by atoms with van der Waals surface area (Å²) in [5.41, 5.74) is 3.33. The Morgan fingerprint density at radius 1 is 1.12 bits per heavy atom. The van der Waals surface area contributed by atoms with Crippen LogP contribution in [0.3, 0.4) is 0 Å². The van der Waals surface area contributed by atoms with E-state index in [1.165, 1.54) is 5.56 Å². The molecule has 24 heavy (non-hydrogen) atoms. The molecule has 132 valence electrons. The van der Waals surface area contributed by atoms with E-state index in [0.29, 0.717) is 0 Å². The standard InChI is InChI=1S/C19H28N2O2S/c1-13-8-10-15(16(12-13)21(6)7)18(17-11-9-14(2)23-17)20-24(22)19(3,4)5/h8-12,18,20H,1-7H3.